The lowest BCUT2D eigenvalue weighted by Gasteiger charge is -2.12. The van der Waals surface area contributed by atoms with Crippen LogP contribution in [0.3, 0.4) is 0 Å². The molecule has 1 amide bonds. The van der Waals surface area contributed by atoms with Gasteiger partial charge in [-0.3, -0.25) is 4.79 Å². The summed E-state index contributed by atoms with van der Waals surface area (Å²) in [4.78, 5) is 11.7. The third-order valence-corrected chi connectivity index (χ3v) is 3.61. The molecule has 0 aliphatic carbocycles. The molecule has 3 nitrogen and oxygen atoms in total. The number of aliphatic hydroxyl groups excluding tert-OH is 1. The van der Waals surface area contributed by atoms with Gasteiger partial charge in [0.15, 0.2) is 0 Å². The minimum absolute atomic E-state index is 0.00491. The first kappa shape index (κ1) is 15.5. The number of aryl methyl sites for hydroxylation is 1. The molecule has 0 saturated carbocycles. The van der Waals surface area contributed by atoms with Crippen LogP contribution in [0.2, 0.25) is 5.02 Å². The number of rotatable bonds is 6. The minimum Gasteiger partial charge on any atom is -0.396 e. The Morgan fingerprint density at radius 1 is 1.56 bits per heavy atom. The Kier molecular flexibility index (Phi) is 6.68. The maximum absolute atomic E-state index is 11.7. The molecule has 0 aliphatic heterocycles. The summed E-state index contributed by atoms with van der Waals surface area (Å²) in [5, 5.41) is 12.3. The van der Waals surface area contributed by atoms with Crippen molar-refractivity contribution in [2.45, 2.75) is 32.2 Å². The third-order valence-electron chi connectivity index (χ3n) is 2.60. The van der Waals surface area contributed by atoms with Crippen LogP contribution in [0, 0.1) is 0 Å². The molecule has 1 aromatic carbocycles. The van der Waals surface area contributed by atoms with Crippen molar-refractivity contribution in [1.29, 1.82) is 0 Å². The van der Waals surface area contributed by atoms with Gasteiger partial charge in [-0.05, 0) is 43.5 Å². The molecule has 0 radical (unpaired) electrons. The minimum atomic E-state index is -0.0113. The zero-order valence-corrected chi connectivity index (χ0v) is 12.6. The van der Waals surface area contributed by atoms with Gasteiger partial charge in [0.05, 0.1) is 0 Å². The smallest absolute Gasteiger partial charge is 0.220 e. The van der Waals surface area contributed by atoms with Gasteiger partial charge in [-0.25, -0.2) is 0 Å². The number of amides is 1. The molecule has 0 aliphatic rings. The van der Waals surface area contributed by atoms with Crippen LogP contribution in [-0.4, -0.2) is 23.7 Å². The number of halogens is 2. The van der Waals surface area contributed by atoms with Crippen LogP contribution in [0.15, 0.2) is 22.7 Å². The van der Waals surface area contributed by atoms with E-state index in [-0.39, 0.29) is 18.6 Å². The van der Waals surface area contributed by atoms with E-state index in [0.29, 0.717) is 24.3 Å². The largest absolute Gasteiger partial charge is 0.396 e. The Morgan fingerprint density at radius 2 is 2.28 bits per heavy atom. The maximum atomic E-state index is 11.7. The highest BCUT2D eigenvalue weighted by atomic mass is 79.9. The van der Waals surface area contributed by atoms with Crippen LogP contribution in [-0.2, 0) is 11.2 Å². The van der Waals surface area contributed by atoms with Crippen LogP contribution in [0.5, 0.6) is 0 Å². The zero-order valence-electron chi connectivity index (χ0n) is 10.2. The molecule has 0 aromatic heterocycles. The number of carbonyl (C=O) groups excluding carboxylic acids is 1. The van der Waals surface area contributed by atoms with Crippen LogP contribution >= 0.6 is 27.5 Å². The lowest BCUT2D eigenvalue weighted by Crippen LogP contribution is -2.33. The summed E-state index contributed by atoms with van der Waals surface area (Å²) >= 11 is 9.34. The normalized spacial score (nSPS) is 12.2. The number of benzene rings is 1. The van der Waals surface area contributed by atoms with Crippen molar-refractivity contribution in [3.8, 4) is 0 Å². The summed E-state index contributed by atoms with van der Waals surface area (Å²) in [5.41, 5.74) is 1.02. The number of nitrogens with one attached hydrogen (secondary N) is 1. The summed E-state index contributed by atoms with van der Waals surface area (Å²) in [6.45, 7) is 1.96. The van der Waals surface area contributed by atoms with Crippen molar-refractivity contribution < 1.29 is 9.90 Å². The molecule has 1 rings (SSSR count). The Hall–Kier alpha value is -0.580. The first-order chi connectivity index (χ1) is 8.52. The van der Waals surface area contributed by atoms with Gasteiger partial charge in [-0.1, -0.05) is 27.5 Å². The molecular formula is C13H17BrClNO2. The fourth-order valence-electron chi connectivity index (χ4n) is 1.60. The quantitative estimate of drug-likeness (QED) is 0.840. The Bertz CT molecular complexity index is 412. The molecule has 0 heterocycles. The highest BCUT2D eigenvalue weighted by Gasteiger charge is 2.08. The zero-order chi connectivity index (χ0) is 13.5. The maximum Gasteiger partial charge on any atom is 0.220 e. The predicted octanol–water partition coefficient (Wildman–Crippen LogP) is 2.92. The molecule has 1 aromatic rings. The van der Waals surface area contributed by atoms with Crippen LogP contribution in [0.1, 0.15) is 25.3 Å². The second-order valence-electron chi connectivity index (χ2n) is 4.22. The summed E-state index contributed by atoms with van der Waals surface area (Å²) in [7, 11) is 0. The molecule has 1 unspecified atom stereocenters. The Balaban J connectivity index is 2.45. The standard InChI is InChI=1S/C13H17BrClNO2/c1-9(6-7-17)16-13(18)5-2-10-8-11(15)3-4-12(10)14/h3-4,8-9,17H,2,5-7H2,1H3,(H,16,18). The monoisotopic (exact) mass is 333 g/mol. The molecule has 0 spiro atoms. The highest BCUT2D eigenvalue weighted by molar-refractivity contribution is 9.10. The molecule has 0 fully saturated rings. The van der Waals surface area contributed by atoms with E-state index in [1.165, 1.54) is 0 Å². The average molecular weight is 335 g/mol. The van der Waals surface area contributed by atoms with E-state index in [9.17, 15) is 4.79 Å². The van der Waals surface area contributed by atoms with Crippen LogP contribution in [0.4, 0.5) is 0 Å². The van der Waals surface area contributed by atoms with Gasteiger partial charge in [-0.15, -0.1) is 0 Å². The van der Waals surface area contributed by atoms with Gasteiger partial charge >= 0.3 is 0 Å². The predicted molar refractivity (Wildman–Crippen MR) is 76.8 cm³/mol. The molecule has 5 heteroatoms. The van der Waals surface area contributed by atoms with Gasteiger partial charge in [0.1, 0.15) is 0 Å². The van der Waals surface area contributed by atoms with Gasteiger partial charge in [-0.2, -0.15) is 0 Å². The van der Waals surface area contributed by atoms with E-state index in [1.54, 1.807) is 6.07 Å². The lowest BCUT2D eigenvalue weighted by atomic mass is 10.1. The molecule has 1 atom stereocenters. The van der Waals surface area contributed by atoms with E-state index in [4.69, 9.17) is 16.7 Å². The first-order valence-corrected chi connectivity index (χ1v) is 7.04. The number of carbonyl (C=O) groups is 1. The fourth-order valence-corrected chi connectivity index (χ4v) is 2.24. The van der Waals surface area contributed by atoms with Crippen molar-refractivity contribution in [3.05, 3.63) is 33.3 Å². The lowest BCUT2D eigenvalue weighted by molar-refractivity contribution is -0.121. The van der Waals surface area contributed by atoms with Crippen molar-refractivity contribution in [2.24, 2.45) is 0 Å². The number of aliphatic hydroxyl groups is 1. The van der Waals surface area contributed by atoms with E-state index in [2.05, 4.69) is 21.2 Å². The molecule has 2 N–H and O–H groups in total. The van der Waals surface area contributed by atoms with E-state index in [0.717, 1.165) is 10.0 Å². The molecular weight excluding hydrogens is 318 g/mol. The molecule has 0 bridgehead atoms. The van der Waals surface area contributed by atoms with Crippen molar-refractivity contribution in [3.63, 3.8) is 0 Å². The van der Waals surface area contributed by atoms with Gasteiger partial charge in [0, 0.05) is 28.6 Å². The Labute approximate surface area is 121 Å². The van der Waals surface area contributed by atoms with E-state index < -0.39 is 0 Å². The molecule has 100 valence electrons. The average Bonchev–Trinajstić information content (AvgIpc) is 2.30. The number of hydrogen-bond donors (Lipinski definition) is 2. The summed E-state index contributed by atoms with van der Waals surface area (Å²) in [6.07, 6.45) is 1.63. The van der Waals surface area contributed by atoms with E-state index >= 15 is 0 Å². The SMILES string of the molecule is CC(CCO)NC(=O)CCc1cc(Cl)ccc1Br. The summed E-state index contributed by atoms with van der Waals surface area (Å²) in [6, 6.07) is 5.55. The fraction of sp³-hybridized carbons (Fsp3) is 0.462. The summed E-state index contributed by atoms with van der Waals surface area (Å²) in [5.74, 6) is -0.0113. The van der Waals surface area contributed by atoms with Gasteiger partial charge < -0.3 is 10.4 Å². The first-order valence-electron chi connectivity index (χ1n) is 5.87. The Morgan fingerprint density at radius 3 is 2.94 bits per heavy atom. The van der Waals surface area contributed by atoms with Gasteiger partial charge in [0.2, 0.25) is 5.91 Å². The second kappa shape index (κ2) is 7.77. The second-order valence-corrected chi connectivity index (χ2v) is 5.51. The van der Waals surface area contributed by atoms with Gasteiger partial charge in [0.25, 0.3) is 0 Å². The molecule has 0 saturated heterocycles. The third kappa shape index (κ3) is 5.38. The summed E-state index contributed by atoms with van der Waals surface area (Å²) < 4.78 is 0.961. The van der Waals surface area contributed by atoms with Crippen LogP contribution in [0.25, 0.3) is 0 Å². The van der Waals surface area contributed by atoms with Crippen molar-refractivity contribution in [1.82, 2.24) is 5.32 Å². The van der Waals surface area contributed by atoms with Crippen molar-refractivity contribution >= 4 is 33.4 Å². The van der Waals surface area contributed by atoms with Crippen LogP contribution < -0.4 is 5.32 Å². The molecule has 18 heavy (non-hydrogen) atoms. The highest BCUT2D eigenvalue weighted by Crippen LogP contribution is 2.22. The van der Waals surface area contributed by atoms with Crippen molar-refractivity contribution in [2.75, 3.05) is 6.61 Å². The topological polar surface area (TPSA) is 49.3 Å². The van der Waals surface area contributed by atoms with E-state index in [1.807, 2.05) is 19.1 Å². The number of hydrogen-bond acceptors (Lipinski definition) is 2.